The molecule has 0 radical (unpaired) electrons. The fourth-order valence-corrected chi connectivity index (χ4v) is 2.21. The van der Waals surface area contributed by atoms with Crippen LogP contribution in [0.1, 0.15) is 25.3 Å². The second kappa shape index (κ2) is 8.41. The summed E-state index contributed by atoms with van der Waals surface area (Å²) in [6.45, 7) is 1.88. The van der Waals surface area contributed by atoms with Crippen molar-refractivity contribution in [3.63, 3.8) is 0 Å². The van der Waals surface area contributed by atoms with Crippen LogP contribution in [-0.4, -0.2) is 65.7 Å². The van der Waals surface area contributed by atoms with E-state index >= 15 is 0 Å². The van der Waals surface area contributed by atoms with Crippen LogP contribution >= 0.6 is 0 Å². The Kier molecular flexibility index (Phi) is 7.22. The van der Waals surface area contributed by atoms with Crippen LogP contribution in [0.2, 0.25) is 0 Å². The average Bonchev–Trinajstić information content (AvgIpc) is 2.82. The number of rotatable bonds is 6. The van der Waals surface area contributed by atoms with E-state index in [1.54, 1.807) is 6.20 Å². The summed E-state index contributed by atoms with van der Waals surface area (Å²) in [6.07, 6.45) is 3.12. The molecule has 1 aromatic heterocycles. The number of H-pyrrole nitrogens is 1. The molecule has 5 nitrogen and oxygen atoms in total. The number of carbonyl (C=O) groups is 2. The molecule has 0 aliphatic heterocycles. The molecule has 0 aliphatic carbocycles. The van der Waals surface area contributed by atoms with Gasteiger partial charge in [-0.25, -0.2) is 4.79 Å². The first-order chi connectivity index (χ1) is 9.61. The number of carbonyl (C=O) groups excluding carboxylic acids is 1. The fraction of sp³-hybridized carbons (Fsp3) is 0.333. The van der Waals surface area contributed by atoms with E-state index in [1.165, 1.54) is 0 Å². The summed E-state index contributed by atoms with van der Waals surface area (Å²) in [5.41, 5.74) is 1.86. The molecule has 1 atom stereocenters. The molecule has 1 aromatic carbocycles. The SMILES string of the molecule is CCCC(=O)NC(Cc1c[nH]c2ccccc12)C(=O)O.[CaH2]. The summed E-state index contributed by atoms with van der Waals surface area (Å²) >= 11 is 0. The van der Waals surface area contributed by atoms with Crippen molar-refractivity contribution < 1.29 is 14.7 Å². The van der Waals surface area contributed by atoms with Crippen LogP contribution in [0.15, 0.2) is 30.5 Å². The topological polar surface area (TPSA) is 82.2 Å². The molecule has 1 unspecified atom stereocenters. The second-order valence-corrected chi connectivity index (χ2v) is 4.77. The molecule has 0 saturated carbocycles. The molecular formula is C15H20CaN2O3. The van der Waals surface area contributed by atoms with Crippen LogP contribution in [0.4, 0.5) is 0 Å². The van der Waals surface area contributed by atoms with Crippen molar-refractivity contribution in [2.75, 3.05) is 0 Å². The third-order valence-electron chi connectivity index (χ3n) is 3.21. The van der Waals surface area contributed by atoms with Gasteiger partial charge in [-0.3, -0.25) is 4.79 Å². The zero-order chi connectivity index (χ0) is 14.5. The predicted octanol–water partition coefficient (Wildman–Crippen LogP) is 1.16. The van der Waals surface area contributed by atoms with Gasteiger partial charge in [-0.1, -0.05) is 25.1 Å². The van der Waals surface area contributed by atoms with Crippen LogP contribution in [0.25, 0.3) is 10.9 Å². The summed E-state index contributed by atoms with van der Waals surface area (Å²) in [5.74, 6) is -1.24. The number of aliphatic carboxylic acids is 1. The third-order valence-corrected chi connectivity index (χ3v) is 3.21. The van der Waals surface area contributed by atoms with Gasteiger partial charge < -0.3 is 15.4 Å². The number of nitrogens with one attached hydrogen (secondary N) is 2. The van der Waals surface area contributed by atoms with Crippen molar-refractivity contribution in [1.29, 1.82) is 0 Å². The number of carboxylic acid groups (broad SMARTS) is 1. The van der Waals surface area contributed by atoms with Crippen LogP contribution in [0.3, 0.4) is 0 Å². The number of fused-ring (bicyclic) bond motifs is 1. The van der Waals surface area contributed by atoms with Crippen molar-refractivity contribution in [1.82, 2.24) is 10.3 Å². The Balaban J connectivity index is 0.00000220. The van der Waals surface area contributed by atoms with Crippen LogP contribution in [-0.2, 0) is 16.0 Å². The van der Waals surface area contributed by atoms with Crippen molar-refractivity contribution in [2.45, 2.75) is 32.2 Å². The number of benzene rings is 1. The molecule has 6 heteroatoms. The first-order valence-corrected chi connectivity index (χ1v) is 6.69. The Labute approximate surface area is 153 Å². The second-order valence-electron chi connectivity index (χ2n) is 4.77. The minimum absolute atomic E-state index is 0. The Morgan fingerprint density at radius 1 is 1.33 bits per heavy atom. The molecular weight excluding hydrogens is 296 g/mol. The fourth-order valence-electron chi connectivity index (χ4n) is 2.21. The molecule has 1 amide bonds. The van der Waals surface area contributed by atoms with Gasteiger partial charge in [-0.05, 0) is 18.1 Å². The number of aromatic amines is 1. The summed E-state index contributed by atoms with van der Waals surface area (Å²) in [5, 5.41) is 12.8. The van der Waals surface area contributed by atoms with Gasteiger partial charge in [0.1, 0.15) is 6.04 Å². The maximum atomic E-state index is 11.6. The zero-order valence-corrected chi connectivity index (χ0v) is 11.3. The van der Waals surface area contributed by atoms with Crippen LogP contribution in [0.5, 0.6) is 0 Å². The van der Waals surface area contributed by atoms with Gasteiger partial charge >= 0.3 is 43.7 Å². The third kappa shape index (κ3) is 4.73. The molecule has 0 bridgehead atoms. The monoisotopic (exact) mass is 316 g/mol. The van der Waals surface area contributed by atoms with Gasteiger partial charge in [-0.15, -0.1) is 0 Å². The van der Waals surface area contributed by atoms with E-state index in [-0.39, 0.29) is 50.1 Å². The van der Waals surface area contributed by atoms with Gasteiger partial charge in [0.25, 0.3) is 0 Å². The summed E-state index contributed by atoms with van der Waals surface area (Å²) in [6, 6.07) is 6.80. The Morgan fingerprint density at radius 2 is 2.05 bits per heavy atom. The normalized spacial score (nSPS) is 11.7. The van der Waals surface area contributed by atoms with Crippen molar-refractivity contribution >= 4 is 60.5 Å². The summed E-state index contributed by atoms with van der Waals surface area (Å²) < 4.78 is 0. The molecule has 21 heavy (non-hydrogen) atoms. The number of aromatic nitrogens is 1. The molecule has 1 heterocycles. The first kappa shape index (κ1) is 18.0. The molecule has 2 aromatic rings. The van der Waals surface area contributed by atoms with E-state index in [0.29, 0.717) is 12.8 Å². The van der Waals surface area contributed by atoms with Crippen LogP contribution < -0.4 is 5.32 Å². The Hall–Kier alpha value is -1.04. The van der Waals surface area contributed by atoms with E-state index in [0.717, 1.165) is 16.5 Å². The molecule has 0 spiro atoms. The standard InChI is InChI=1S/C15H18N2O3.Ca.2H/c1-2-5-14(18)17-13(15(19)20)8-10-9-16-12-7-4-3-6-11(10)12;;;/h3-4,6-7,9,13,16H,2,5,8H2,1H3,(H,17,18)(H,19,20);;;. The summed E-state index contributed by atoms with van der Waals surface area (Å²) in [7, 11) is 0. The molecule has 3 N–H and O–H groups in total. The number of carboxylic acids is 1. The van der Waals surface area contributed by atoms with Gasteiger partial charge in [0, 0.05) is 29.9 Å². The van der Waals surface area contributed by atoms with Gasteiger partial charge in [-0.2, -0.15) is 0 Å². The zero-order valence-electron chi connectivity index (χ0n) is 11.3. The van der Waals surface area contributed by atoms with E-state index in [1.807, 2.05) is 31.2 Å². The maximum absolute atomic E-state index is 11.6. The van der Waals surface area contributed by atoms with Gasteiger partial charge in [0.05, 0.1) is 0 Å². The molecule has 110 valence electrons. The van der Waals surface area contributed by atoms with E-state index < -0.39 is 12.0 Å². The van der Waals surface area contributed by atoms with E-state index in [2.05, 4.69) is 10.3 Å². The van der Waals surface area contributed by atoms with E-state index in [9.17, 15) is 14.7 Å². The van der Waals surface area contributed by atoms with Crippen molar-refractivity contribution in [2.24, 2.45) is 0 Å². The number of amides is 1. The molecule has 2 rings (SSSR count). The average molecular weight is 316 g/mol. The first-order valence-electron chi connectivity index (χ1n) is 6.69. The molecule has 0 aliphatic rings. The van der Waals surface area contributed by atoms with Crippen molar-refractivity contribution in [3.05, 3.63) is 36.0 Å². The van der Waals surface area contributed by atoms with Gasteiger partial charge in [0.15, 0.2) is 0 Å². The van der Waals surface area contributed by atoms with Crippen LogP contribution in [0, 0.1) is 0 Å². The van der Waals surface area contributed by atoms with Gasteiger partial charge in [0.2, 0.25) is 5.91 Å². The number of para-hydroxylation sites is 1. The summed E-state index contributed by atoms with van der Waals surface area (Å²) in [4.78, 5) is 25.9. The quantitative estimate of drug-likeness (QED) is 0.700. The van der Waals surface area contributed by atoms with Crippen molar-refractivity contribution in [3.8, 4) is 0 Å². The number of hydrogen-bond donors (Lipinski definition) is 3. The molecule has 0 saturated heterocycles. The Bertz CT molecular complexity index is 624. The predicted molar refractivity (Wildman–Crippen MR) is 85.0 cm³/mol. The van der Waals surface area contributed by atoms with E-state index in [4.69, 9.17) is 0 Å². The number of hydrogen-bond acceptors (Lipinski definition) is 2. The Morgan fingerprint density at radius 3 is 2.71 bits per heavy atom. The molecule has 0 fully saturated rings. The minimum atomic E-state index is -1.01.